The van der Waals surface area contributed by atoms with Crippen molar-refractivity contribution in [1.82, 2.24) is 10.2 Å². The van der Waals surface area contributed by atoms with Gasteiger partial charge in [0.1, 0.15) is 6.04 Å². The minimum Gasteiger partial charge on any atom is -0.354 e. The van der Waals surface area contributed by atoms with Crippen molar-refractivity contribution >= 4 is 24.2 Å². The molecule has 0 bridgehead atoms. The van der Waals surface area contributed by atoms with Crippen LogP contribution < -0.4 is 11.1 Å². The van der Waals surface area contributed by atoms with Gasteiger partial charge in [-0.3, -0.25) is 9.59 Å². The van der Waals surface area contributed by atoms with Gasteiger partial charge in [0.05, 0.1) is 0 Å². The molecule has 4 fully saturated rings. The number of likely N-dealkylation sites (tertiary alicyclic amines) is 1. The lowest BCUT2D eigenvalue weighted by atomic mass is 9.68. The average molecular weight is 482 g/mol. The second kappa shape index (κ2) is 13.3. The first-order valence-corrected chi connectivity index (χ1v) is 13.9. The molecule has 5 nitrogen and oxygen atoms in total. The third-order valence-corrected chi connectivity index (χ3v) is 9.25. The third-order valence-electron chi connectivity index (χ3n) is 9.25. The maximum absolute atomic E-state index is 13.5. The van der Waals surface area contributed by atoms with Crippen LogP contribution in [0.4, 0.5) is 0 Å². The van der Waals surface area contributed by atoms with Crippen LogP contribution in [0.2, 0.25) is 0 Å². The van der Waals surface area contributed by atoms with E-state index in [0.717, 1.165) is 63.5 Å². The number of nitrogens with zero attached hydrogens (tertiary/aromatic N) is 1. The molecule has 0 aromatic rings. The molecule has 1 atom stereocenters. The van der Waals surface area contributed by atoms with Gasteiger partial charge in [-0.25, -0.2) is 0 Å². The molecule has 0 spiro atoms. The molecule has 0 unspecified atom stereocenters. The van der Waals surface area contributed by atoms with Gasteiger partial charge in [0, 0.05) is 25.6 Å². The van der Waals surface area contributed by atoms with E-state index in [1.807, 2.05) is 4.90 Å². The summed E-state index contributed by atoms with van der Waals surface area (Å²) in [7, 11) is 0. The highest BCUT2D eigenvalue weighted by molar-refractivity contribution is 5.88. The van der Waals surface area contributed by atoms with E-state index in [4.69, 9.17) is 5.73 Å². The van der Waals surface area contributed by atoms with E-state index in [-0.39, 0.29) is 30.3 Å². The number of nitrogens with two attached hydrogens (primary N) is 1. The van der Waals surface area contributed by atoms with Gasteiger partial charge in [0.2, 0.25) is 11.8 Å². The molecule has 3 aliphatic carbocycles. The Morgan fingerprint density at radius 2 is 1.36 bits per heavy atom. The normalized spacial score (nSPS) is 29.6. The highest BCUT2D eigenvalue weighted by Crippen LogP contribution is 2.42. The molecule has 3 saturated carbocycles. The van der Waals surface area contributed by atoms with Crippen LogP contribution in [0.5, 0.6) is 0 Å². The van der Waals surface area contributed by atoms with Gasteiger partial charge in [0.15, 0.2) is 0 Å². The zero-order valence-corrected chi connectivity index (χ0v) is 21.5. The minimum atomic E-state index is -0.244. The van der Waals surface area contributed by atoms with Gasteiger partial charge in [-0.1, -0.05) is 64.2 Å². The lowest BCUT2D eigenvalue weighted by Gasteiger charge is -2.38. The maximum atomic E-state index is 13.5. The molecule has 6 heteroatoms. The van der Waals surface area contributed by atoms with Crippen molar-refractivity contribution in [1.29, 1.82) is 0 Å². The van der Waals surface area contributed by atoms with Gasteiger partial charge in [-0.2, -0.15) is 0 Å². The smallest absolute Gasteiger partial charge is 0.242 e. The number of nitrogens with one attached hydrogen (secondary N) is 1. The SMILES string of the molecule is Cl.NC1CCC(CNC(=O)[C@@H]2CCCN2C(=O)CC(C2CCCCC2)C2CCCCC2)CC1. The van der Waals surface area contributed by atoms with Crippen molar-refractivity contribution < 1.29 is 9.59 Å². The van der Waals surface area contributed by atoms with E-state index in [1.165, 1.54) is 64.2 Å². The summed E-state index contributed by atoms with van der Waals surface area (Å²) in [6, 6.07) is 0.0953. The summed E-state index contributed by atoms with van der Waals surface area (Å²) in [6.45, 7) is 1.51. The van der Waals surface area contributed by atoms with Crippen molar-refractivity contribution in [2.45, 2.75) is 121 Å². The average Bonchev–Trinajstić information content (AvgIpc) is 3.33. The van der Waals surface area contributed by atoms with E-state index in [9.17, 15) is 9.59 Å². The second-order valence-corrected chi connectivity index (χ2v) is 11.4. The summed E-state index contributed by atoms with van der Waals surface area (Å²) in [5.74, 6) is 2.88. The van der Waals surface area contributed by atoms with E-state index in [0.29, 0.717) is 24.3 Å². The van der Waals surface area contributed by atoms with E-state index >= 15 is 0 Å². The Kier molecular flexibility index (Phi) is 10.8. The van der Waals surface area contributed by atoms with Crippen molar-refractivity contribution in [2.75, 3.05) is 13.1 Å². The van der Waals surface area contributed by atoms with E-state index < -0.39 is 0 Å². The molecule has 3 N–H and O–H groups in total. The Bertz CT molecular complexity index is 592. The quantitative estimate of drug-likeness (QED) is 0.524. The van der Waals surface area contributed by atoms with Crippen LogP contribution >= 0.6 is 12.4 Å². The molecule has 1 aliphatic heterocycles. The van der Waals surface area contributed by atoms with E-state index in [1.54, 1.807) is 0 Å². The molecule has 0 aromatic carbocycles. The highest BCUT2D eigenvalue weighted by atomic mass is 35.5. The van der Waals surface area contributed by atoms with E-state index in [2.05, 4.69) is 5.32 Å². The van der Waals surface area contributed by atoms with Crippen molar-refractivity contribution in [3.8, 4) is 0 Å². The molecular formula is C27H48ClN3O2. The van der Waals surface area contributed by atoms with Gasteiger partial charge >= 0.3 is 0 Å². The van der Waals surface area contributed by atoms with Gasteiger partial charge in [-0.15, -0.1) is 12.4 Å². The number of amides is 2. The first-order valence-electron chi connectivity index (χ1n) is 13.9. The lowest BCUT2D eigenvalue weighted by Crippen LogP contribution is -2.48. The predicted molar refractivity (Wildman–Crippen MR) is 136 cm³/mol. The van der Waals surface area contributed by atoms with Crippen LogP contribution in [-0.4, -0.2) is 41.9 Å². The van der Waals surface area contributed by atoms with Crippen molar-refractivity contribution in [2.24, 2.45) is 29.4 Å². The summed E-state index contributed by atoms with van der Waals surface area (Å²) in [6.07, 6.45) is 20.1. The van der Waals surface area contributed by atoms with Gasteiger partial charge in [0.25, 0.3) is 0 Å². The summed E-state index contributed by atoms with van der Waals surface area (Å²) in [5, 5.41) is 3.20. The monoisotopic (exact) mass is 481 g/mol. The molecule has 1 heterocycles. The minimum absolute atomic E-state index is 0. The molecular weight excluding hydrogens is 434 g/mol. The van der Waals surface area contributed by atoms with Crippen LogP contribution in [0.3, 0.4) is 0 Å². The standard InChI is InChI=1S/C27H47N3O2.ClH/c28-23-15-13-20(14-16-23)19-29-27(32)25-12-7-17-30(25)26(31)18-24(21-8-3-1-4-9-21)22-10-5-2-6-11-22;/h20-25H,1-19,28H2,(H,29,32);1H/t20?,23?,25-;/m0./s1. The topological polar surface area (TPSA) is 75.4 Å². The number of carbonyl (C=O) groups is 2. The van der Waals surface area contributed by atoms with Gasteiger partial charge < -0.3 is 16.0 Å². The van der Waals surface area contributed by atoms with Crippen LogP contribution in [0.25, 0.3) is 0 Å². The summed E-state index contributed by atoms with van der Waals surface area (Å²) >= 11 is 0. The fraction of sp³-hybridized carbons (Fsp3) is 0.926. The molecule has 0 aromatic heterocycles. The highest BCUT2D eigenvalue weighted by Gasteiger charge is 2.38. The lowest BCUT2D eigenvalue weighted by molar-refractivity contribution is -0.140. The van der Waals surface area contributed by atoms with Crippen LogP contribution in [0.1, 0.15) is 109 Å². The number of rotatable bonds is 7. The molecule has 4 aliphatic rings. The van der Waals surface area contributed by atoms with Crippen LogP contribution in [0.15, 0.2) is 0 Å². The van der Waals surface area contributed by atoms with Crippen LogP contribution in [0, 0.1) is 23.7 Å². The number of halogens is 1. The summed E-state index contributed by atoms with van der Waals surface area (Å²) in [5.41, 5.74) is 6.02. The first kappa shape index (κ1) is 26.8. The molecule has 4 rings (SSSR count). The van der Waals surface area contributed by atoms with Crippen molar-refractivity contribution in [3.63, 3.8) is 0 Å². The zero-order valence-electron chi connectivity index (χ0n) is 20.6. The fourth-order valence-electron chi connectivity index (χ4n) is 7.25. The fourth-order valence-corrected chi connectivity index (χ4v) is 7.25. The predicted octanol–water partition coefficient (Wildman–Crippen LogP) is 5.20. The molecule has 0 radical (unpaired) electrons. The Labute approximate surface area is 207 Å². The van der Waals surface area contributed by atoms with Crippen molar-refractivity contribution in [3.05, 3.63) is 0 Å². The Morgan fingerprint density at radius 1 is 0.788 bits per heavy atom. The van der Waals surface area contributed by atoms with Gasteiger partial charge in [-0.05, 0) is 62.2 Å². The Morgan fingerprint density at radius 3 is 1.94 bits per heavy atom. The number of hydrogen-bond acceptors (Lipinski definition) is 3. The maximum Gasteiger partial charge on any atom is 0.242 e. The zero-order chi connectivity index (χ0) is 22.3. The Hall–Kier alpha value is -0.810. The second-order valence-electron chi connectivity index (χ2n) is 11.4. The molecule has 33 heavy (non-hydrogen) atoms. The Balaban J connectivity index is 0.00000306. The third kappa shape index (κ3) is 7.34. The number of carbonyl (C=O) groups excluding carboxylic acids is 2. The first-order chi connectivity index (χ1) is 15.6. The molecule has 1 saturated heterocycles. The van der Waals surface area contributed by atoms with Crippen LogP contribution in [-0.2, 0) is 9.59 Å². The number of hydrogen-bond donors (Lipinski definition) is 2. The molecule has 2 amide bonds. The summed E-state index contributed by atoms with van der Waals surface area (Å²) in [4.78, 5) is 28.5. The largest absolute Gasteiger partial charge is 0.354 e. The summed E-state index contributed by atoms with van der Waals surface area (Å²) < 4.78 is 0. The molecule has 190 valence electrons.